The van der Waals surface area contributed by atoms with Crippen LogP contribution in [0.25, 0.3) is 0 Å². The van der Waals surface area contributed by atoms with E-state index in [0.29, 0.717) is 0 Å². The summed E-state index contributed by atoms with van der Waals surface area (Å²) in [6.45, 7) is 20.4. The Morgan fingerprint density at radius 3 is 1.11 bits per heavy atom. The van der Waals surface area contributed by atoms with E-state index < -0.39 is 8.07 Å². The Labute approximate surface area is 219 Å². The summed E-state index contributed by atoms with van der Waals surface area (Å²) in [5.41, 5.74) is 0. The third-order valence-electron chi connectivity index (χ3n) is 5.58. The van der Waals surface area contributed by atoms with E-state index in [1.54, 1.807) is 23.0 Å². The molecule has 0 aromatic heterocycles. The van der Waals surface area contributed by atoms with Crippen LogP contribution in [0.3, 0.4) is 0 Å². The Kier molecular flexibility index (Phi) is 18.2. The molecule has 0 N–H and O–H groups in total. The fourth-order valence-electron chi connectivity index (χ4n) is 4.27. The van der Waals surface area contributed by atoms with Gasteiger partial charge in [-0.15, -0.1) is 0 Å². The summed E-state index contributed by atoms with van der Waals surface area (Å²) in [5, 5.41) is 4.49. The summed E-state index contributed by atoms with van der Waals surface area (Å²) in [6, 6.07) is 33.8. The summed E-state index contributed by atoms with van der Waals surface area (Å²) in [7, 11) is -2.24. The van der Waals surface area contributed by atoms with Crippen molar-refractivity contribution in [1.29, 1.82) is 0 Å². The molecule has 1 saturated heterocycles. The van der Waals surface area contributed by atoms with Gasteiger partial charge in [-0.3, -0.25) is 0 Å². The molecular formula is C28H25NO4SiW. The van der Waals surface area contributed by atoms with Gasteiger partial charge in [-0.2, -0.15) is 0 Å². The van der Waals surface area contributed by atoms with Gasteiger partial charge in [0.25, 0.3) is 0 Å². The number of piperidine rings is 1. The molecule has 0 unspecified atom stereocenters. The zero-order valence-electron chi connectivity index (χ0n) is 19.2. The monoisotopic (exact) mass is 651 g/mol. The number of hydrogen-bond donors (Lipinski definition) is 0. The van der Waals surface area contributed by atoms with E-state index in [-0.39, 0.29) is 0 Å². The van der Waals surface area contributed by atoms with Crippen LogP contribution in [-0.2, 0) is 38.0 Å². The van der Waals surface area contributed by atoms with Crippen molar-refractivity contribution >= 4 is 27.3 Å². The van der Waals surface area contributed by atoms with Crippen molar-refractivity contribution in [2.24, 2.45) is 0 Å². The number of likely N-dealkylation sites (tertiary alicyclic amines) is 1. The van der Waals surface area contributed by atoms with Crippen LogP contribution in [0.2, 0.25) is 0 Å². The van der Waals surface area contributed by atoms with Gasteiger partial charge in [0.1, 0.15) is 0 Å². The van der Waals surface area contributed by atoms with Gasteiger partial charge in [0.2, 0.25) is 0 Å². The minimum absolute atomic E-state index is 1.21. The van der Waals surface area contributed by atoms with Crippen molar-refractivity contribution in [3.05, 3.63) is 118 Å². The summed E-state index contributed by atoms with van der Waals surface area (Å²) >= 11 is 1.62. The molecule has 4 rings (SSSR count). The molecule has 176 valence electrons. The van der Waals surface area contributed by atoms with E-state index in [4.69, 9.17) is 18.6 Å². The van der Waals surface area contributed by atoms with Gasteiger partial charge >= 0.3 is 220 Å². The van der Waals surface area contributed by atoms with Crippen LogP contribution in [0.5, 0.6) is 0 Å². The van der Waals surface area contributed by atoms with E-state index in [0.717, 1.165) is 0 Å². The third-order valence-corrected chi connectivity index (χ3v) is 14.4. The quantitative estimate of drug-likeness (QED) is 0.181. The second-order valence-electron chi connectivity index (χ2n) is 7.20. The zero-order valence-corrected chi connectivity index (χ0v) is 23.1. The first kappa shape index (κ1) is 32.4. The molecule has 7 heteroatoms. The van der Waals surface area contributed by atoms with Crippen LogP contribution < -0.4 is 15.6 Å². The topological polar surface area (TPSA) is 82.8 Å². The summed E-state index contributed by atoms with van der Waals surface area (Å²) in [6.07, 6.45) is 4.01. The molecule has 0 bridgehead atoms. The molecule has 3 aromatic rings. The molecular weight excluding hydrogens is 626 g/mol. The summed E-state index contributed by atoms with van der Waals surface area (Å²) < 4.78 is 31.7. The SMILES string of the molecule is [C-]#[O+].[C-]#[O+].[C-]#[O+].[C-]#[O+].[W]=[C](N1CCCCC1)[Si](c1ccccc1)(c1ccccc1)c1ccccc1. The van der Waals surface area contributed by atoms with E-state index in [1.807, 2.05) is 0 Å². The molecule has 5 nitrogen and oxygen atoms in total. The van der Waals surface area contributed by atoms with Crippen LogP contribution in [0.4, 0.5) is 0 Å². The Morgan fingerprint density at radius 2 is 0.829 bits per heavy atom. The van der Waals surface area contributed by atoms with Crippen molar-refractivity contribution in [3.63, 3.8) is 0 Å². The summed E-state index contributed by atoms with van der Waals surface area (Å²) in [4.78, 5) is 2.72. The molecule has 35 heavy (non-hydrogen) atoms. The molecule has 0 atom stereocenters. The van der Waals surface area contributed by atoms with E-state index in [1.165, 1.54) is 47.9 Å². The van der Waals surface area contributed by atoms with Crippen molar-refractivity contribution in [3.8, 4) is 0 Å². The molecule has 1 fully saturated rings. The average molecular weight is 651 g/mol. The van der Waals surface area contributed by atoms with Gasteiger partial charge in [0, 0.05) is 0 Å². The third kappa shape index (κ3) is 8.21. The van der Waals surface area contributed by atoms with E-state index in [9.17, 15) is 0 Å². The van der Waals surface area contributed by atoms with Crippen LogP contribution in [0.1, 0.15) is 19.3 Å². The molecule has 0 spiro atoms. The van der Waals surface area contributed by atoms with Crippen molar-refractivity contribution in [2.75, 3.05) is 13.1 Å². The summed E-state index contributed by atoms with van der Waals surface area (Å²) in [5.74, 6) is 0. The molecule has 0 aliphatic carbocycles. The average Bonchev–Trinajstić information content (AvgIpc) is 3.00. The number of rotatable bonds is 5. The van der Waals surface area contributed by atoms with Crippen molar-refractivity contribution in [2.45, 2.75) is 19.3 Å². The van der Waals surface area contributed by atoms with Gasteiger partial charge in [-0.05, 0) is 0 Å². The Hall–Kier alpha value is -2.64. The van der Waals surface area contributed by atoms with Crippen LogP contribution in [-0.4, -0.2) is 29.7 Å². The minimum atomic E-state index is -2.24. The first-order valence-corrected chi connectivity index (χ1v) is 14.1. The van der Waals surface area contributed by atoms with Gasteiger partial charge in [-0.1, -0.05) is 0 Å². The van der Waals surface area contributed by atoms with Gasteiger partial charge in [0.05, 0.1) is 0 Å². The maximum atomic E-state index is 7.50. The van der Waals surface area contributed by atoms with Crippen LogP contribution >= 0.6 is 0 Å². The van der Waals surface area contributed by atoms with Crippen molar-refractivity contribution < 1.29 is 38.0 Å². The van der Waals surface area contributed by atoms with Gasteiger partial charge in [0.15, 0.2) is 0 Å². The maximum absolute atomic E-state index is 7.50. The molecule has 3 aromatic carbocycles. The molecule has 0 saturated carbocycles. The Balaban J connectivity index is 0.00000132. The standard InChI is InChI=1S/C24H25NSi.4CO.W/c1-5-13-22(14-6-1)26(23-15-7-2-8-16-23,24-17-9-3-10-18-24)21-25-19-11-4-12-20-25;4*1-2;/h1-3,5-10,13-18H,4,11-12,19-20H2;;;;;. The predicted molar refractivity (Wildman–Crippen MR) is 130 cm³/mol. The zero-order chi connectivity index (χ0) is 26.5. The number of benzene rings is 3. The molecule has 1 aliphatic rings. The number of hydrogen-bond acceptors (Lipinski definition) is 1. The van der Waals surface area contributed by atoms with Crippen molar-refractivity contribution in [1.82, 2.24) is 4.90 Å². The number of nitrogens with zero attached hydrogens (tertiary/aromatic N) is 1. The van der Waals surface area contributed by atoms with E-state index in [2.05, 4.69) is 122 Å². The Bertz CT molecular complexity index is 940. The molecule has 1 heterocycles. The molecule has 0 radical (unpaired) electrons. The fourth-order valence-corrected chi connectivity index (χ4v) is 13.3. The van der Waals surface area contributed by atoms with E-state index >= 15 is 0 Å². The first-order valence-electron chi connectivity index (χ1n) is 10.6. The molecule has 0 amide bonds. The van der Waals surface area contributed by atoms with Crippen LogP contribution in [0.15, 0.2) is 91.0 Å². The van der Waals surface area contributed by atoms with Gasteiger partial charge in [-0.25, -0.2) is 0 Å². The molecule has 1 aliphatic heterocycles. The second kappa shape index (κ2) is 19.6. The normalized spacial score (nSPS) is 12.1. The Morgan fingerprint density at radius 1 is 0.543 bits per heavy atom. The predicted octanol–water partition coefficient (Wildman–Crippen LogP) is 2.71. The van der Waals surface area contributed by atoms with Gasteiger partial charge < -0.3 is 0 Å². The second-order valence-corrected chi connectivity index (χ2v) is 13.7. The van der Waals surface area contributed by atoms with Crippen LogP contribution in [0, 0.1) is 26.6 Å². The first-order chi connectivity index (χ1) is 17.3. The fraction of sp³-hybridized carbons (Fsp3) is 0.179.